The lowest BCUT2D eigenvalue weighted by molar-refractivity contribution is -0.0960. The number of thioether (sulfide) groups is 1. The Morgan fingerprint density at radius 2 is 2.33 bits per heavy atom. The summed E-state index contributed by atoms with van der Waals surface area (Å²) in [4.78, 5) is 12.6. The Labute approximate surface area is 128 Å². The van der Waals surface area contributed by atoms with E-state index in [1.165, 1.54) is 0 Å². The molecule has 116 valence electrons. The van der Waals surface area contributed by atoms with Crippen LogP contribution in [0.15, 0.2) is 6.20 Å². The molecule has 2 N–H and O–H groups in total. The van der Waals surface area contributed by atoms with Crippen LogP contribution in [0, 0.1) is 5.92 Å². The van der Waals surface area contributed by atoms with E-state index in [0.717, 1.165) is 37.2 Å². The molecule has 1 aromatic rings. The van der Waals surface area contributed by atoms with Gasteiger partial charge in [0.25, 0.3) is 0 Å². The zero-order valence-corrected chi connectivity index (χ0v) is 13.0. The molecule has 0 radical (unpaired) electrons. The number of nitrogens with two attached hydrogens (primary N) is 1. The Hall–Kier alpha value is -0.920. The zero-order chi connectivity index (χ0) is 14.7. The Morgan fingerprint density at radius 3 is 3.10 bits per heavy atom. The normalized spacial score (nSPS) is 25.1. The third kappa shape index (κ3) is 3.30. The number of ketones is 1. The van der Waals surface area contributed by atoms with Crippen molar-refractivity contribution in [2.45, 2.75) is 37.8 Å². The van der Waals surface area contributed by atoms with E-state index in [4.69, 9.17) is 10.5 Å². The van der Waals surface area contributed by atoms with Crippen LogP contribution in [-0.4, -0.2) is 51.0 Å². The van der Waals surface area contributed by atoms with Gasteiger partial charge in [-0.2, -0.15) is 11.8 Å². The van der Waals surface area contributed by atoms with Crippen LogP contribution in [0.25, 0.3) is 0 Å². The lowest BCUT2D eigenvalue weighted by Crippen LogP contribution is -2.44. The largest absolute Gasteiger partial charge is 0.375 e. The zero-order valence-electron chi connectivity index (χ0n) is 12.2. The van der Waals surface area contributed by atoms with Crippen LogP contribution in [0.2, 0.25) is 0 Å². The molecule has 6 nitrogen and oxygen atoms in total. The summed E-state index contributed by atoms with van der Waals surface area (Å²) in [7, 11) is 0. The molecule has 0 saturated carbocycles. The second-order valence-corrected chi connectivity index (χ2v) is 7.08. The van der Waals surface area contributed by atoms with E-state index in [-0.39, 0.29) is 17.3 Å². The maximum atomic E-state index is 12.6. The number of rotatable bonds is 4. The fourth-order valence-corrected chi connectivity index (χ4v) is 4.44. The van der Waals surface area contributed by atoms with Crippen LogP contribution in [0.5, 0.6) is 0 Å². The molecule has 1 unspecified atom stereocenters. The summed E-state index contributed by atoms with van der Waals surface area (Å²) < 4.78 is 7.68. The third-order valence-corrected chi connectivity index (χ3v) is 5.40. The topological polar surface area (TPSA) is 83.0 Å². The van der Waals surface area contributed by atoms with Crippen molar-refractivity contribution in [2.75, 3.05) is 24.7 Å². The number of carbonyl (C=O) groups is 1. The average Bonchev–Trinajstić information content (AvgIpc) is 2.96. The van der Waals surface area contributed by atoms with Crippen molar-refractivity contribution in [3.05, 3.63) is 11.9 Å². The van der Waals surface area contributed by atoms with Crippen molar-refractivity contribution in [1.29, 1.82) is 0 Å². The number of aromatic nitrogens is 3. The maximum absolute atomic E-state index is 12.6. The van der Waals surface area contributed by atoms with Gasteiger partial charge in [-0.1, -0.05) is 5.21 Å². The number of carbonyl (C=O) groups excluding carboxylic acids is 1. The Bertz CT molecular complexity index is 493. The molecule has 3 rings (SSSR count). The molecule has 0 amide bonds. The molecule has 0 aromatic carbocycles. The first-order valence-corrected chi connectivity index (χ1v) is 8.74. The highest BCUT2D eigenvalue weighted by Gasteiger charge is 2.41. The lowest BCUT2D eigenvalue weighted by Gasteiger charge is -2.42. The van der Waals surface area contributed by atoms with Gasteiger partial charge in [-0.25, -0.2) is 0 Å². The van der Waals surface area contributed by atoms with Crippen LogP contribution in [-0.2, 0) is 11.3 Å². The summed E-state index contributed by atoms with van der Waals surface area (Å²) in [5.41, 5.74) is 5.89. The quantitative estimate of drug-likeness (QED) is 0.839. The van der Waals surface area contributed by atoms with Gasteiger partial charge in [0.1, 0.15) is 5.69 Å². The smallest absolute Gasteiger partial charge is 0.187 e. The van der Waals surface area contributed by atoms with Gasteiger partial charge in [0.2, 0.25) is 0 Å². The van der Waals surface area contributed by atoms with Crippen molar-refractivity contribution >= 4 is 17.5 Å². The average molecular weight is 310 g/mol. The van der Waals surface area contributed by atoms with Crippen molar-refractivity contribution in [2.24, 2.45) is 11.7 Å². The monoisotopic (exact) mass is 310 g/mol. The van der Waals surface area contributed by atoms with Crippen molar-refractivity contribution < 1.29 is 9.53 Å². The molecule has 2 saturated heterocycles. The van der Waals surface area contributed by atoms with E-state index in [2.05, 4.69) is 10.3 Å². The van der Waals surface area contributed by atoms with Crippen LogP contribution in [0.3, 0.4) is 0 Å². The lowest BCUT2D eigenvalue weighted by atomic mass is 9.79. The van der Waals surface area contributed by atoms with Crippen LogP contribution in [0.4, 0.5) is 0 Å². The molecule has 7 heteroatoms. The van der Waals surface area contributed by atoms with E-state index in [0.29, 0.717) is 25.4 Å². The summed E-state index contributed by atoms with van der Waals surface area (Å²) in [5.74, 6) is 2.39. The summed E-state index contributed by atoms with van der Waals surface area (Å²) in [5, 5.41) is 7.96. The van der Waals surface area contributed by atoms with Gasteiger partial charge in [-0.3, -0.25) is 9.48 Å². The molecule has 0 bridgehead atoms. The van der Waals surface area contributed by atoms with Gasteiger partial charge in [-0.15, -0.1) is 5.10 Å². The second kappa shape index (κ2) is 6.46. The number of hydrogen-bond acceptors (Lipinski definition) is 6. The van der Waals surface area contributed by atoms with Crippen molar-refractivity contribution in [3.63, 3.8) is 0 Å². The summed E-state index contributed by atoms with van der Waals surface area (Å²) >= 11 is 1.97. The van der Waals surface area contributed by atoms with Gasteiger partial charge in [0.15, 0.2) is 5.78 Å². The Balaban J connectivity index is 1.68. The molecule has 2 aliphatic heterocycles. The standard InChI is InChI=1S/C14H22N4O2S/c15-4-5-18-10-12(16-17-18)13(19)11-1-6-20-14(9-11)2-7-21-8-3-14/h10-11H,1-9,15H2. The molecular formula is C14H22N4O2S. The molecule has 21 heavy (non-hydrogen) atoms. The van der Waals surface area contributed by atoms with Crippen molar-refractivity contribution in [1.82, 2.24) is 15.0 Å². The van der Waals surface area contributed by atoms with Gasteiger partial charge in [0.05, 0.1) is 18.3 Å². The van der Waals surface area contributed by atoms with Gasteiger partial charge < -0.3 is 10.5 Å². The third-order valence-electron chi connectivity index (χ3n) is 4.42. The summed E-state index contributed by atoms with van der Waals surface area (Å²) in [6.45, 7) is 1.77. The highest BCUT2D eigenvalue weighted by Crippen LogP contribution is 2.40. The maximum Gasteiger partial charge on any atom is 0.187 e. The first-order valence-electron chi connectivity index (χ1n) is 7.59. The molecular weight excluding hydrogens is 288 g/mol. The van der Waals surface area contributed by atoms with Crippen LogP contribution >= 0.6 is 11.8 Å². The fourth-order valence-electron chi connectivity index (χ4n) is 3.21. The summed E-state index contributed by atoms with van der Waals surface area (Å²) in [6.07, 6.45) is 5.45. The Kier molecular flexibility index (Phi) is 4.61. The van der Waals surface area contributed by atoms with E-state index in [1.807, 2.05) is 11.8 Å². The van der Waals surface area contributed by atoms with E-state index >= 15 is 0 Å². The molecule has 0 aliphatic carbocycles. The highest BCUT2D eigenvalue weighted by molar-refractivity contribution is 7.99. The number of nitrogens with zero attached hydrogens (tertiary/aromatic N) is 3. The van der Waals surface area contributed by atoms with E-state index < -0.39 is 0 Å². The fraction of sp³-hybridized carbons (Fsp3) is 0.786. The van der Waals surface area contributed by atoms with Gasteiger partial charge in [0, 0.05) is 19.1 Å². The highest BCUT2D eigenvalue weighted by atomic mass is 32.2. The van der Waals surface area contributed by atoms with Gasteiger partial charge >= 0.3 is 0 Å². The van der Waals surface area contributed by atoms with Gasteiger partial charge in [-0.05, 0) is 37.2 Å². The Morgan fingerprint density at radius 1 is 1.52 bits per heavy atom. The molecule has 1 atom stereocenters. The molecule has 3 heterocycles. The second-order valence-electron chi connectivity index (χ2n) is 5.85. The van der Waals surface area contributed by atoms with E-state index in [9.17, 15) is 4.79 Å². The van der Waals surface area contributed by atoms with Crippen LogP contribution < -0.4 is 5.73 Å². The van der Waals surface area contributed by atoms with E-state index in [1.54, 1.807) is 10.9 Å². The minimum atomic E-state index is -0.0723. The predicted molar refractivity (Wildman–Crippen MR) is 81.4 cm³/mol. The molecule has 1 spiro atoms. The minimum absolute atomic E-state index is 0.0184. The SMILES string of the molecule is NCCn1cc(C(=O)C2CCOC3(CCSCC3)C2)nn1. The number of ether oxygens (including phenoxy) is 1. The van der Waals surface area contributed by atoms with Crippen LogP contribution in [0.1, 0.15) is 36.2 Å². The minimum Gasteiger partial charge on any atom is -0.375 e. The molecule has 2 aliphatic rings. The first kappa shape index (κ1) is 15.0. The molecule has 2 fully saturated rings. The molecule has 1 aromatic heterocycles. The summed E-state index contributed by atoms with van der Waals surface area (Å²) in [6, 6.07) is 0. The number of Topliss-reactive ketones (excluding diaryl/α,β-unsaturated/α-hetero) is 1. The number of hydrogen-bond donors (Lipinski definition) is 1. The predicted octanol–water partition coefficient (Wildman–Crippen LogP) is 1.11. The first-order chi connectivity index (χ1) is 10.2. The van der Waals surface area contributed by atoms with Crippen molar-refractivity contribution in [3.8, 4) is 0 Å².